The summed E-state index contributed by atoms with van der Waals surface area (Å²) in [6.45, 7) is 0. The fourth-order valence-electron chi connectivity index (χ4n) is 3.09. The Kier molecular flexibility index (Phi) is 3.83. The molecule has 0 amide bonds. The van der Waals surface area contributed by atoms with Crippen molar-refractivity contribution in [1.29, 1.82) is 0 Å². The van der Waals surface area contributed by atoms with Crippen LogP contribution in [0.1, 0.15) is 0 Å². The minimum atomic E-state index is -0.224. The van der Waals surface area contributed by atoms with Crippen LogP contribution in [0.25, 0.3) is 33.0 Å². The molecule has 0 nitrogen and oxygen atoms in total. The molecule has 0 aliphatic heterocycles. The minimum absolute atomic E-state index is 0.224. The van der Waals surface area contributed by atoms with E-state index in [4.69, 9.17) is 0 Å². The molecule has 0 atom stereocenters. The lowest BCUT2D eigenvalue weighted by atomic mass is 9.93. The molecule has 4 aromatic rings. The SMILES string of the molecule is Fc1ccccc1-c1cccc(S)c1-c1ccc2ccccc2c1. The monoisotopic (exact) mass is 330 g/mol. The van der Waals surface area contributed by atoms with Crippen LogP contribution in [0, 0.1) is 5.82 Å². The van der Waals surface area contributed by atoms with E-state index in [9.17, 15) is 4.39 Å². The molecule has 2 heteroatoms. The van der Waals surface area contributed by atoms with Crippen molar-refractivity contribution < 1.29 is 4.39 Å². The van der Waals surface area contributed by atoms with Gasteiger partial charge >= 0.3 is 0 Å². The normalized spacial score (nSPS) is 10.9. The first kappa shape index (κ1) is 15.0. The van der Waals surface area contributed by atoms with Crippen LogP contribution < -0.4 is 0 Å². The van der Waals surface area contributed by atoms with Gasteiger partial charge in [0.25, 0.3) is 0 Å². The van der Waals surface area contributed by atoms with Crippen molar-refractivity contribution in [3.05, 3.63) is 90.7 Å². The third-order valence-corrected chi connectivity index (χ3v) is 4.62. The van der Waals surface area contributed by atoms with Gasteiger partial charge in [0.15, 0.2) is 0 Å². The third kappa shape index (κ3) is 2.59. The summed E-state index contributed by atoms with van der Waals surface area (Å²) >= 11 is 4.64. The summed E-state index contributed by atoms with van der Waals surface area (Å²) < 4.78 is 14.3. The summed E-state index contributed by atoms with van der Waals surface area (Å²) in [7, 11) is 0. The molecule has 0 heterocycles. The zero-order valence-corrected chi connectivity index (χ0v) is 13.8. The lowest BCUT2D eigenvalue weighted by molar-refractivity contribution is 0.631. The van der Waals surface area contributed by atoms with Gasteiger partial charge in [0.2, 0.25) is 0 Å². The molecule has 4 aromatic carbocycles. The molecule has 0 N–H and O–H groups in total. The second kappa shape index (κ2) is 6.14. The molecule has 0 spiro atoms. The molecule has 4 rings (SSSR count). The van der Waals surface area contributed by atoms with Crippen molar-refractivity contribution in [1.82, 2.24) is 0 Å². The number of hydrogen-bond donors (Lipinski definition) is 1. The maximum absolute atomic E-state index is 14.3. The quantitative estimate of drug-likeness (QED) is 0.393. The highest BCUT2D eigenvalue weighted by Gasteiger charge is 2.13. The topological polar surface area (TPSA) is 0 Å². The van der Waals surface area contributed by atoms with E-state index in [1.807, 2.05) is 42.5 Å². The van der Waals surface area contributed by atoms with Gasteiger partial charge in [0, 0.05) is 16.0 Å². The Labute approximate surface area is 146 Å². The van der Waals surface area contributed by atoms with Crippen molar-refractivity contribution in [3.63, 3.8) is 0 Å². The zero-order valence-electron chi connectivity index (χ0n) is 12.9. The Balaban J connectivity index is 1.99. The highest BCUT2D eigenvalue weighted by molar-refractivity contribution is 7.80. The highest BCUT2D eigenvalue weighted by Crippen LogP contribution is 2.38. The summed E-state index contributed by atoms with van der Waals surface area (Å²) in [5, 5.41) is 2.34. The molecule has 0 saturated heterocycles. The summed E-state index contributed by atoms with van der Waals surface area (Å²) in [6.07, 6.45) is 0. The average Bonchev–Trinajstić information content (AvgIpc) is 2.61. The molecule has 0 fully saturated rings. The summed E-state index contributed by atoms with van der Waals surface area (Å²) in [6, 6.07) is 27.2. The largest absolute Gasteiger partial charge is 0.206 e. The molecular formula is C22H15FS. The molecule has 0 unspecified atom stereocenters. The molecule has 116 valence electrons. The molecule has 0 saturated carbocycles. The first-order chi connectivity index (χ1) is 11.7. The first-order valence-electron chi connectivity index (χ1n) is 7.80. The Morgan fingerprint density at radius 2 is 1.33 bits per heavy atom. The fraction of sp³-hybridized carbons (Fsp3) is 0. The maximum atomic E-state index is 14.3. The van der Waals surface area contributed by atoms with Gasteiger partial charge < -0.3 is 0 Å². The van der Waals surface area contributed by atoms with Crippen LogP contribution in [-0.2, 0) is 0 Å². The van der Waals surface area contributed by atoms with Gasteiger partial charge in [-0.25, -0.2) is 4.39 Å². The average molecular weight is 330 g/mol. The maximum Gasteiger partial charge on any atom is 0.131 e. The van der Waals surface area contributed by atoms with Gasteiger partial charge in [-0.2, -0.15) is 0 Å². The van der Waals surface area contributed by atoms with Gasteiger partial charge in [0.05, 0.1) is 0 Å². The third-order valence-electron chi connectivity index (χ3n) is 4.24. The van der Waals surface area contributed by atoms with E-state index < -0.39 is 0 Å². The number of halogens is 1. The van der Waals surface area contributed by atoms with E-state index in [2.05, 4.69) is 43.0 Å². The molecule has 24 heavy (non-hydrogen) atoms. The Morgan fingerprint density at radius 1 is 0.625 bits per heavy atom. The molecule has 0 aliphatic carbocycles. The van der Waals surface area contributed by atoms with Gasteiger partial charge in [-0.1, -0.05) is 66.7 Å². The summed E-state index contributed by atoms with van der Waals surface area (Å²) in [5.41, 5.74) is 3.45. The molecule has 0 radical (unpaired) electrons. The van der Waals surface area contributed by atoms with Crippen LogP contribution in [0.3, 0.4) is 0 Å². The molecule has 0 aromatic heterocycles. The van der Waals surface area contributed by atoms with Gasteiger partial charge in [0.1, 0.15) is 5.82 Å². The van der Waals surface area contributed by atoms with Crippen LogP contribution in [0.5, 0.6) is 0 Å². The number of hydrogen-bond acceptors (Lipinski definition) is 1. The fourth-order valence-corrected chi connectivity index (χ4v) is 3.43. The van der Waals surface area contributed by atoms with Gasteiger partial charge in [-0.15, -0.1) is 12.6 Å². The van der Waals surface area contributed by atoms with Crippen LogP contribution in [0.2, 0.25) is 0 Å². The predicted octanol–water partition coefficient (Wildman–Crippen LogP) is 6.60. The lowest BCUT2D eigenvalue weighted by Crippen LogP contribution is -1.90. The van der Waals surface area contributed by atoms with E-state index in [0.29, 0.717) is 5.56 Å². The Bertz CT molecular complexity index is 1040. The first-order valence-corrected chi connectivity index (χ1v) is 8.25. The van der Waals surface area contributed by atoms with E-state index in [1.54, 1.807) is 6.07 Å². The number of rotatable bonds is 2. The van der Waals surface area contributed by atoms with Gasteiger partial charge in [-0.05, 0) is 40.1 Å². The highest BCUT2D eigenvalue weighted by atomic mass is 32.1. The van der Waals surface area contributed by atoms with E-state index in [1.165, 1.54) is 11.5 Å². The van der Waals surface area contributed by atoms with E-state index >= 15 is 0 Å². The summed E-state index contributed by atoms with van der Waals surface area (Å²) in [4.78, 5) is 0.839. The van der Waals surface area contributed by atoms with Crippen LogP contribution in [0.4, 0.5) is 4.39 Å². The Morgan fingerprint density at radius 3 is 2.17 bits per heavy atom. The predicted molar refractivity (Wildman–Crippen MR) is 102 cm³/mol. The van der Waals surface area contributed by atoms with Crippen LogP contribution in [-0.4, -0.2) is 0 Å². The molecule has 0 aliphatic rings. The van der Waals surface area contributed by atoms with Crippen LogP contribution in [0.15, 0.2) is 89.8 Å². The Hall–Kier alpha value is -2.58. The number of thiol groups is 1. The smallest absolute Gasteiger partial charge is 0.131 e. The van der Waals surface area contributed by atoms with Crippen molar-refractivity contribution in [2.75, 3.05) is 0 Å². The second-order valence-electron chi connectivity index (χ2n) is 5.74. The van der Waals surface area contributed by atoms with Crippen molar-refractivity contribution in [2.24, 2.45) is 0 Å². The number of benzene rings is 4. The van der Waals surface area contributed by atoms with E-state index in [-0.39, 0.29) is 5.82 Å². The van der Waals surface area contributed by atoms with Crippen molar-refractivity contribution >= 4 is 23.4 Å². The lowest BCUT2D eigenvalue weighted by Gasteiger charge is -2.14. The second-order valence-corrected chi connectivity index (χ2v) is 6.22. The van der Waals surface area contributed by atoms with E-state index in [0.717, 1.165) is 27.0 Å². The minimum Gasteiger partial charge on any atom is -0.206 e. The van der Waals surface area contributed by atoms with Crippen LogP contribution >= 0.6 is 12.6 Å². The number of fused-ring (bicyclic) bond motifs is 1. The molecular weight excluding hydrogens is 315 g/mol. The molecule has 0 bridgehead atoms. The van der Waals surface area contributed by atoms with Crippen molar-refractivity contribution in [3.8, 4) is 22.3 Å². The zero-order chi connectivity index (χ0) is 16.5. The van der Waals surface area contributed by atoms with Gasteiger partial charge in [-0.3, -0.25) is 0 Å². The van der Waals surface area contributed by atoms with Crippen molar-refractivity contribution in [2.45, 2.75) is 4.90 Å². The standard InChI is InChI=1S/C22H15FS/c23-20-10-4-3-8-18(20)19-9-5-11-21(24)22(19)17-13-12-15-6-1-2-7-16(15)14-17/h1-14,24H. The summed E-state index contributed by atoms with van der Waals surface area (Å²) in [5.74, 6) is -0.224.